The monoisotopic (exact) mass is 346 g/mol. The number of benzene rings is 1. The van der Waals surface area contributed by atoms with Gasteiger partial charge in [-0.05, 0) is 0 Å². The molecule has 0 saturated carbocycles. The Bertz CT molecular complexity index is 988. The Morgan fingerprint density at radius 2 is 1.90 bits per heavy atom. The average molecular weight is 345 g/mol. The van der Waals surface area contributed by atoms with E-state index >= 15 is 0 Å². The van der Waals surface area contributed by atoms with Crippen molar-refractivity contribution in [2.45, 2.75) is 0 Å². The molecule has 2 aromatic rings. The Kier molecular flexibility index (Phi) is 2.03. The van der Waals surface area contributed by atoms with Gasteiger partial charge in [0.05, 0.1) is 0 Å². The molecule has 3 aliphatic heterocycles. The van der Waals surface area contributed by atoms with Crippen LogP contribution in [0.1, 0.15) is 0 Å². The fourth-order valence-corrected chi connectivity index (χ4v) is 5.60. The van der Waals surface area contributed by atoms with E-state index in [0.29, 0.717) is 11.4 Å². The van der Waals surface area contributed by atoms with E-state index in [0.717, 1.165) is 19.9 Å². The molecule has 5 rings (SSSR count). The van der Waals surface area contributed by atoms with Crippen molar-refractivity contribution in [3.05, 3.63) is 54.9 Å². The maximum absolute atomic E-state index is 14.7. The Morgan fingerprint density at radius 1 is 1.05 bits per heavy atom. The Balaban J connectivity index is 2.10. The Labute approximate surface area is 125 Å². The Hall–Kier alpha value is -1.91. The fraction of sp³-hybridized carbons (Fsp3) is 0. The van der Waals surface area contributed by atoms with E-state index in [1.807, 2.05) is 24.3 Å². The standard InChI is InChI=1S/C15H9BF2N2Se/c17-16(18)19-8-3-5-11(19)14-10-4-1-2-6-12(10)21-13-7-9-20(16)15(13)14/h1-9H. The van der Waals surface area contributed by atoms with E-state index in [2.05, 4.69) is 6.07 Å². The summed E-state index contributed by atoms with van der Waals surface area (Å²) in [7, 11) is 0. The van der Waals surface area contributed by atoms with Crippen molar-refractivity contribution in [1.29, 1.82) is 0 Å². The molecule has 4 heterocycles. The number of rotatable bonds is 0. The van der Waals surface area contributed by atoms with Crippen LogP contribution in [0.15, 0.2) is 54.9 Å². The van der Waals surface area contributed by atoms with E-state index < -0.39 is 6.97 Å². The molecular formula is C15H9BF2N2Se. The molecule has 0 spiro atoms. The molecule has 0 radical (unpaired) electrons. The topological polar surface area (TPSA) is 8.81 Å². The zero-order chi connectivity index (χ0) is 14.2. The van der Waals surface area contributed by atoms with Gasteiger partial charge in [0, 0.05) is 0 Å². The summed E-state index contributed by atoms with van der Waals surface area (Å²) in [5.41, 5.74) is 2.27. The number of hydrogen-bond acceptors (Lipinski definition) is 0. The summed E-state index contributed by atoms with van der Waals surface area (Å²) < 4.78 is 34.1. The van der Waals surface area contributed by atoms with Crippen molar-refractivity contribution >= 4 is 31.1 Å². The Morgan fingerprint density at radius 3 is 2.81 bits per heavy atom. The summed E-state index contributed by atoms with van der Waals surface area (Å²) in [6.07, 6.45) is 3.02. The third-order valence-electron chi connectivity index (χ3n) is 4.20. The van der Waals surface area contributed by atoms with Crippen LogP contribution in [0.3, 0.4) is 0 Å². The predicted octanol–water partition coefficient (Wildman–Crippen LogP) is 2.84. The van der Waals surface area contributed by atoms with Crippen LogP contribution in [0.25, 0.3) is 31.0 Å². The summed E-state index contributed by atoms with van der Waals surface area (Å²) in [6, 6.07) is 13.5. The van der Waals surface area contributed by atoms with Crippen LogP contribution >= 0.6 is 0 Å². The van der Waals surface area contributed by atoms with E-state index in [1.165, 1.54) is 14.9 Å². The van der Waals surface area contributed by atoms with Gasteiger partial charge < -0.3 is 0 Å². The zero-order valence-corrected chi connectivity index (χ0v) is 12.5. The molecule has 1 aromatic carbocycles. The van der Waals surface area contributed by atoms with Gasteiger partial charge in [0.25, 0.3) is 0 Å². The van der Waals surface area contributed by atoms with Gasteiger partial charge in [-0.3, -0.25) is 0 Å². The predicted molar refractivity (Wildman–Crippen MR) is 79.9 cm³/mol. The summed E-state index contributed by atoms with van der Waals surface area (Å²) in [6.45, 7) is -3.78. The normalized spacial score (nSPS) is 15.5. The number of hydrogen-bond donors (Lipinski definition) is 0. The molecular weight excluding hydrogens is 336 g/mol. The van der Waals surface area contributed by atoms with Crippen LogP contribution in [-0.2, 0) is 0 Å². The zero-order valence-electron chi connectivity index (χ0n) is 10.8. The average Bonchev–Trinajstić information content (AvgIpc) is 3.11. The number of nitrogens with zero attached hydrogens (tertiary/aromatic N) is 2. The van der Waals surface area contributed by atoms with Crippen molar-refractivity contribution in [3.63, 3.8) is 0 Å². The molecule has 21 heavy (non-hydrogen) atoms. The van der Waals surface area contributed by atoms with Crippen LogP contribution in [0.4, 0.5) is 8.63 Å². The second-order valence-electron chi connectivity index (χ2n) is 5.30. The van der Waals surface area contributed by atoms with Crippen LogP contribution in [-0.4, -0.2) is 26.0 Å². The molecule has 0 amide bonds. The van der Waals surface area contributed by atoms with Gasteiger partial charge in [-0.1, -0.05) is 0 Å². The molecule has 0 bridgehead atoms. The third-order valence-corrected chi connectivity index (χ3v) is 6.56. The van der Waals surface area contributed by atoms with Crippen LogP contribution in [0.5, 0.6) is 0 Å². The van der Waals surface area contributed by atoms with Crippen molar-refractivity contribution < 1.29 is 13.1 Å². The number of aromatic nitrogens is 2. The molecule has 0 fully saturated rings. The summed E-state index contributed by atoms with van der Waals surface area (Å²) in [5, 5.41) is 1.09. The van der Waals surface area contributed by atoms with Gasteiger partial charge >= 0.3 is 125 Å². The quantitative estimate of drug-likeness (QED) is 0.434. The van der Waals surface area contributed by atoms with Gasteiger partial charge in [-0.2, -0.15) is 0 Å². The molecule has 0 atom stereocenters. The maximum atomic E-state index is 14.7. The van der Waals surface area contributed by atoms with Crippen LogP contribution in [0.2, 0.25) is 0 Å². The third kappa shape index (κ3) is 1.30. The SMILES string of the molecule is F[B-]1(F)n2cccc2-c2c3[n+]1ccc-3[se]c1ccccc21. The van der Waals surface area contributed by atoms with Gasteiger partial charge in [-0.15, -0.1) is 0 Å². The first kappa shape index (κ1) is 11.7. The minimum absolute atomic E-state index is 0.0849. The van der Waals surface area contributed by atoms with Crippen molar-refractivity contribution in [3.8, 4) is 21.4 Å². The molecule has 1 aromatic heterocycles. The van der Waals surface area contributed by atoms with Gasteiger partial charge in [-0.25, -0.2) is 0 Å². The van der Waals surface area contributed by atoms with Crippen molar-refractivity contribution in [1.82, 2.24) is 4.48 Å². The molecule has 0 N–H and O–H groups in total. The van der Waals surface area contributed by atoms with Crippen molar-refractivity contribution in [2.75, 3.05) is 0 Å². The van der Waals surface area contributed by atoms with Gasteiger partial charge in [0.1, 0.15) is 0 Å². The molecule has 0 unspecified atom stereocenters. The van der Waals surface area contributed by atoms with Gasteiger partial charge in [0.15, 0.2) is 0 Å². The molecule has 6 heteroatoms. The fourth-order valence-electron chi connectivity index (χ4n) is 3.30. The van der Waals surface area contributed by atoms with Crippen molar-refractivity contribution in [2.24, 2.45) is 0 Å². The number of halogens is 2. The first-order valence-corrected chi connectivity index (χ1v) is 8.44. The molecule has 102 valence electrons. The summed E-state index contributed by atoms with van der Waals surface area (Å²) >= 11 is 0.0849. The first-order chi connectivity index (χ1) is 10.2. The summed E-state index contributed by atoms with van der Waals surface area (Å²) in [5.74, 6) is 0. The van der Waals surface area contributed by atoms with E-state index in [9.17, 15) is 8.63 Å². The second kappa shape index (κ2) is 3.64. The van der Waals surface area contributed by atoms with Crippen LogP contribution in [0, 0.1) is 0 Å². The first-order valence-electron chi connectivity index (χ1n) is 6.73. The van der Waals surface area contributed by atoms with Crippen LogP contribution < -0.4 is 4.48 Å². The molecule has 2 nitrogen and oxygen atoms in total. The molecule has 0 saturated heterocycles. The van der Waals surface area contributed by atoms with E-state index in [-0.39, 0.29) is 14.5 Å². The summed E-state index contributed by atoms with van der Waals surface area (Å²) in [4.78, 5) is 0. The molecule has 3 aliphatic rings. The van der Waals surface area contributed by atoms with Gasteiger partial charge in [0.2, 0.25) is 0 Å². The molecule has 0 aliphatic carbocycles. The van der Waals surface area contributed by atoms with E-state index in [1.54, 1.807) is 18.3 Å². The number of fused-ring (bicyclic) bond motifs is 4. The van der Waals surface area contributed by atoms with E-state index in [4.69, 9.17) is 0 Å². The minimum atomic E-state index is -3.78. The second-order valence-corrected chi connectivity index (χ2v) is 7.57.